The van der Waals surface area contributed by atoms with Gasteiger partial charge in [0.1, 0.15) is 5.82 Å². The van der Waals surface area contributed by atoms with Crippen molar-refractivity contribution in [1.82, 2.24) is 0 Å². The number of nitrogens with two attached hydrogens (primary N) is 1. The van der Waals surface area contributed by atoms with Crippen LogP contribution in [0.1, 0.15) is 44.1 Å². The molecule has 0 atom stereocenters. The van der Waals surface area contributed by atoms with Gasteiger partial charge in [0, 0.05) is 25.0 Å². The summed E-state index contributed by atoms with van der Waals surface area (Å²) in [6.07, 6.45) is 7.04. The van der Waals surface area contributed by atoms with Gasteiger partial charge in [0.2, 0.25) is 0 Å². The van der Waals surface area contributed by atoms with Gasteiger partial charge in [-0.3, -0.25) is 0 Å². The third kappa shape index (κ3) is 2.25. The number of nitrogens with zero attached hydrogens (tertiary/aromatic N) is 1. The van der Waals surface area contributed by atoms with Gasteiger partial charge >= 0.3 is 0 Å². The van der Waals surface area contributed by atoms with Crippen LogP contribution >= 0.6 is 0 Å². The first-order valence-electron chi connectivity index (χ1n) is 7.50. The van der Waals surface area contributed by atoms with Crippen molar-refractivity contribution in [3.8, 4) is 0 Å². The molecule has 1 aliphatic heterocycles. The molecule has 2 nitrogen and oxygen atoms in total. The van der Waals surface area contributed by atoms with Gasteiger partial charge in [-0.25, -0.2) is 4.39 Å². The predicted molar refractivity (Wildman–Crippen MR) is 77.0 cm³/mol. The van der Waals surface area contributed by atoms with Crippen molar-refractivity contribution in [3.63, 3.8) is 0 Å². The summed E-state index contributed by atoms with van der Waals surface area (Å²) in [6.45, 7) is 2.60. The number of anilines is 1. The summed E-state index contributed by atoms with van der Waals surface area (Å²) < 4.78 is 14.4. The topological polar surface area (TPSA) is 29.3 Å². The van der Waals surface area contributed by atoms with Gasteiger partial charge in [-0.05, 0) is 49.8 Å². The quantitative estimate of drug-likeness (QED) is 0.906. The molecule has 1 saturated carbocycles. The monoisotopic (exact) mass is 262 g/mol. The zero-order chi connectivity index (χ0) is 13.3. The minimum Gasteiger partial charge on any atom is -0.369 e. The van der Waals surface area contributed by atoms with Crippen LogP contribution in [0.4, 0.5) is 10.1 Å². The first-order chi connectivity index (χ1) is 9.25. The standard InChI is InChI=1S/C16H23FN2/c17-14-11-13(16(12-18)7-4-8-16)5-6-15(14)19-9-2-1-3-10-19/h5-6,11H,1-4,7-10,12,18H2. The summed E-state index contributed by atoms with van der Waals surface area (Å²) >= 11 is 0. The van der Waals surface area contributed by atoms with E-state index < -0.39 is 0 Å². The van der Waals surface area contributed by atoms with Gasteiger partial charge in [0.05, 0.1) is 5.69 Å². The normalized spacial score (nSPS) is 22.1. The summed E-state index contributed by atoms with van der Waals surface area (Å²) in [4.78, 5) is 2.18. The van der Waals surface area contributed by atoms with Crippen LogP contribution in [0.2, 0.25) is 0 Å². The Labute approximate surface area is 114 Å². The molecule has 104 valence electrons. The summed E-state index contributed by atoms with van der Waals surface area (Å²) in [5.41, 5.74) is 7.83. The Morgan fingerprint density at radius 1 is 1.11 bits per heavy atom. The molecule has 0 spiro atoms. The molecule has 1 aromatic rings. The van der Waals surface area contributed by atoms with E-state index in [1.165, 1.54) is 25.7 Å². The highest BCUT2D eigenvalue weighted by Gasteiger charge is 2.37. The Morgan fingerprint density at radius 2 is 1.84 bits per heavy atom. The second-order valence-corrected chi connectivity index (χ2v) is 6.05. The Bertz CT molecular complexity index is 443. The maximum atomic E-state index is 14.4. The first kappa shape index (κ1) is 12.9. The van der Waals surface area contributed by atoms with E-state index in [9.17, 15) is 4.39 Å². The van der Waals surface area contributed by atoms with Crippen molar-refractivity contribution in [2.45, 2.75) is 43.9 Å². The summed E-state index contributed by atoms with van der Waals surface area (Å²) in [7, 11) is 0. The van der Waals surface area contributed by atoms with Crippen molar-refractivity contribution < 1.29 is 4.39 Å². The highest BCUT2D eigenvalue weighted by molar-refractivity contribution is 5.51. The number of hydrogen-bond acceptors (Lipinski definition) is 2. The smallest absolute Gasteiger partial charge is 0.146 e. The fourth-order valence-corrected chi connectivity index (χ4v) is 3.44. The fraction of sp³-hybridized carbons (Fsp3) is 0.625. The lowest BCUT2D eigenvalue weighted by Gasteiger charge is -2.42. The van der Waals surface area contributed by atoms with E-state index in [1.54, 1.807) is 6.07 Å². The van der Waals surface area contributed by atoms with Crippen LogP contribution < -0.4 is 10.6 Å². The summed E-state index contributed by atoms with van der Waals surface area (Å²) in [5, 5.41) is 0. The average Bonchev–Trinajstić information content (AvgIpc) is 2.39. The van der Waals surface area contributed by atoms with Crippen molar-refractivity contribution in [2.24, 2.45) is 5.73 Å². The lowest BCUT2D eigenvalue weighted by molar-refractivity contribution is 0.252. The Hall–Kier alpha value is -1.09. The maximum Gasteiger partial charge on any atom is 0.146 e. The van der Waals surface area contributed by atoms with E-state index >= 15 is 0 Å². The molecule has 3 heteroatoms. The van der Waals surface area contributed by atoms with Crippen LogP contribution in [0.15, 0.2) is 18.2 Å². The van der Waals surface area contributed by atoms with Crippen LogP contribution in [0.3, 0.4) is 0 Å². The third-order valence-electron chi connectivity index (χ3n) is 4.96. The van der Waals surface area contributed by atoms with E-state index in [-0.39, 0.29) is 11.2 Å². The SMILES string of the molecule is NCC1(c2ccc(N3CCCCC3)c(F)c2)CCC1. The molecular weight excluding hydrogens is 239 g/mol. The van der Waals surface area contributed by atoms with Gasteiger partial charge in [0.15, 0.2) is 0 Å². The van der Waals surface area contributed by atoms with Gasteiger partial charge in [-0.1, -0.05) is 12.5 Å². The molecule has 0 unspecified atom stereocenters. The molecule has 1 heterocycles. The van der Waals surface area contributed by atoms with Crippen molar-refractivity contribution >= 4 is 5.69 Å². The third-order valence-corrected chi connectivity index (χ3v) is 4.96. The zero-order valence-corrected chi connectivity index (χ0v) is 11.5. The number of piperidine rings is 1. The molecule has 2 N–H and O–H groups in total. The van der Waals surface area contributed by atoms with Crippen molar-refractivity contribution in [1.29, 1.82) is 0 Å². The highest BCUT2D eigenvalue weighted by Crippen LogP contribution is 2.43. The number of rotatable bonds is 3. The predicted octanol–water partition coefficient (Wildman–Crippen LogP) is 3.20. The van der Waals surface area contributed by atoms with Crippen molar-refractivity contribution in [3.05, 3.63) is 29.6 Å². The van der Waals surface area contributed by atoms with Crippen molar-refractivity contribution in [2.75, 3.05) is 24.5 Å². The molecule has 2 aliphatic rings. The number of benzene rings is 1. The Balaban J connectivity index is 1.85. The summed E-state index contributed by atoms with van der Waals surface area (Å²) in [6, 6.07) is 5.79. The molecule has 3 rings (SSSR count). The molecule has 19 heavy (non-hydrogen) atoms. The van der Waals surface area contributed by atoms with Crippen LogP contribution in [0, 0.1) is 5.82 Å². The molecular formula is C16H23FN2. The number of halogens is 1. The molecule has 0 radical (unpaired) electrons. The van der Waals surface area contributed by atoms with Gasteiger partial charge in [0.25, 0.3) is 0 Å². The van der Waals surface area contributed by atoms with Crippen LogP contribution in [-0.2, 0) is 5.41 Å². The molecule has 0 amide bonds. The molecule has 0 aromatic heterocycles. The largest absolute Gasteiger partial charge is 0.369 e. The van der Waals surface area contributed by atoms with E-state index in [0.717, 1.165) is 37.2 Å². The van der Waals surface area contributed by atoms with Gasteiger partial charge in [-0.2, -0.15) is 0 Å². The second-order valence-electron chi connectivity index (χ2n) is 6.05. The van der Waals surface area contributed by atoms with E-state index in [4.69, 9.17) is 5.73 Å². The Kier molecular flexibility index (Phi) is 3.48. The van der Waals surface area contributed by atoms with E-state index in [0.29, 0.717) is 6.54 Å². The van der Waals surface area contributed by atoms with E-state index in [1.807, 2.05) is 6.07 Å². The maximum absolute atomic E-state index is 14.4. The zero-order valence-electron chi connectivity index (χ0n) is 11.5. The first-order valence-corrected chi connectivity index (χ1v) is 7.50. The number of hydrogen-bond donors (Lipinski definition) is 1. The molecule has 2 fully saturated rings. The summed E-state index contributed by atoms with van der Waals surface area (Å²) in [5.74, 6) is -0.0703. The van der Waals surface area contributed by atoms with Gasteiger partial charge in [-0.15, -0.1) is 0 Å². The van der Waals surface area contributed by atoms with Crippen LogP contribution in [0.5, 0.6) is 0 Å². The fourth-order valence-electron chi connectivity index (χ4n) is 3.44. The minimum absolute atomic E-state index is 0.0568. The highest BCUT2D eigenvalue weighted by atomic mass is 19.1. The molecule has 1 aromatic carbocycles. The molecule has 1 saturated heterocycles. The van der Waals surface area contributed by atoms with Crippen LogP contribution in [-0.4, -0.2) is 19.6 Å². The molecule has 0 bridgehead atoms. The van der Waals surface area contributed by atoms with Crippen LogP contribution in [0.25, 0.3) is 0 Å². The lowest BCUT2D eigenvalue weighted by Crippen LogP contribution is -2.41. The minimum atomic E-state index is -0.0703. The average molecular weight is 262 g/mol. The van der Waals surface area contributed by atoms with Gasteiger partial charge < -0.3 is 10.6 Å². The second kappa shape index (κ2) is 5.12. The Morgan fingerprint density at radius 3 is 2.37 bits per heavy atom. The molecule has 1 aliphatic carbocycles. The van der Waals surface area contributed by atoms with E-state index in [2.05, 4.69) is 11.0 Å². The lowest BCUT2D eigenvalue weighted by atomic mass is 9.64.